The molecule has 1 aromatic rings. The second-order valence-corrected chi connectivity index (χ2v) is 5.51. The van der Waals surface area contributed by atoms with Crippen molar-refractivity contribution < 1.29 is 9.47 Å². The van der Waals surface area contributed by atoms with Crippen molar-refractivity contribution in [1.82, 2.24) is 10.2 Å². The highest BCUT2D eigenvalue weighted by Gasteiger charge is 2.22. The molecule has 120 valence electrons. The Kier molecular flexibility index (Phi) is 7.29. The highest BCUT2D eigenvalue weighted by atomic mass is 35.5. The van der Waals surface area contributed by atoms with Gasteiger partial charge in [-0.3, -0.25) is 4.90 Å². The van der Waals surface area contributed by atoms with Crippen molar-refractivity contribution in [2.75, 3.05) is 26.8 Å². The number of methoxy groups -OCH3 is 1. The Morgan fingerprint density at radius 1 is 1.29 bits per heavy atom. The fourth-order valence-corrected chi connectivity index (χ4v) is 2.64. The Balaban J connectivity index is 0.00000220. The van der Waals surface area contributed by atoms with E-state index in [-0.39, 0.29) is 12.4 Å². The fourth-order valence-electron chi connectivity index (χ4n) is 2.64. The molecule has 1 saturated heterocycles. The molecule has 0 aromatic heterocycles. The van der Waals surface area contributed by atoms with Crippen LogP contribution in [0.5, 0.6) is 11.5 Å². The number of hydrogen-bond acceptors (Lipinski definition) is 4. The summed E-state index contributed by atoms with van der Waals surface area (Å²) in [7, 11) is 1.68. The number of ether oxygens (including phenoxy) is 2. The standard InChI is InChI=1S/C16H26N2O2.ClH/c1-5-20-16-8-14(6-7-15(16)19-4)11-18-10-12(2)17-9-13(18)3;/h6-8,12-13,17H,5,9-11H2,1-4H3;1H. The van der Waals surface area contributed by atoms with Crippen molar-refractivity contribution >= 4 is 12.4 Å². The first-order chi connectivity index (χ1) is 9.63. The number of halogens is 1. The van der Waals surface area contributed by atoms with Crippen LogP contribution >= 0.6 is 12.4 Å². The predicted octanol–water partition coefficient (Wildman–Crippen LogP) is 2.70. The summed E-state index contributed by atoms with van der Waals surface area (Å²) < 4.78 is 11.0. The first kappa shape index (κ1) is 18.1. The van der Waals surface area contributed by atoms with Crippen molar-refractivity contribution in [2.45, 2.75) is 39.4 Å². The van der Waals surface area contributed by atoms with E-state index >= 15 is 0 Å². The van der Waals surface area contributed by atoms with Crippen molar-refractivity contribution in [3.8, 4) is 11.5 Å². The lowest BCUT2D eigenvalue weighted by Crippen LogP contribution is -2.53. The molecule has 4 nitrogen and oxygen atoms in total. The van der Waals surface area contributed by atoms with Crippen LogP contribution in [0.3, 0.4) is 0 Å². The number of benzene rings is 1. The molecule has 1 aromatic carbocycles. The summed E-state index contributed by atoms with van der Waals surface area (Å²) in [5.41, 5.74) is 1.27. The van der Waals surface area contributed by atoms with E-state index in [9.17, 15) is 0 Å². The van der Waals surface area contributed by atoms with Crippen molar-refractivity contribution in [1.29, 1.82) is 0 Å². The third-order valence-corrected chi connectivity index (χ3v) is 3.81. The van der Waals surface area contributed by atoms with Gasteiger partial charge >= 0.3 is 0 Å². The normalized spacial score (nSPS) is 22.5. The Labute approximate surface area is 134 Å². The molecule has 21 heavy (non-hydrogen) atoms. The molecule has 2 unspecified atom stereocenters. The molecule has 5 heteroatoms. The quantitative estimate of drug-likeness (QED) is 0.906. The molecule has 0 amide bonds. The summed E-state index contributed by atoms with van der Waals surface area (Å²) in [4.78, 5) is 2.51. The van der Waals surface area contributed by atoms with Crippen LogP contribution in [0.15, 0.2) is 18.2 Å². The van der Waals surface area contributed by atoms with E-state index in [1.165, 1.54) is 5.56 Å². The Morgan fingerprint density at radius 3 is 2.71 bits per heavy atom. The van der Waals surface area contributed by atoms with Gasteiger partial charge in [-0.15, -0.1) is 12.4 Å². The Hall–Kier alpha value is -0.970. The zero-order valence-corrected chi connectivity index (χ0v) is 14.2. The topological polar surface area (TPSA) is 33.7 Å². The molecule has 0 spiro atoms. The van der Waals surface area contributed by atoms with Gasteiger partial charge in [0.25, 0.3) is 0 Å². The smallest absolute Gasteiger partial charge is 0.161 e. The molecule has 0 bridgehead atoms. The molecule has 1 aliphatic heterocycles. The molecule has 1 aliphatic rings. The van der Waals surface area contributed by atoms with Crippen LogP contribution in [0.25, 0.3) is 0 Å². The zero-order valence-electron chi connectivity index (χ0n) is 13.4. The summed E-state index contributed by atoms with van der Waals surface area (Å²) in [6, 6.07) is 7.33. The average Bonchev–Trinajstić information content (AvgIpc) is 2.44. The Morgan fingerprint density at radius 2 is 2.05 bits per heavy atom. The van der Waals surface area contributed by atoms with Gasteiger partial charge in [-0.1, -0.05) is 6.07 Å². The van der Waals surface area contributed by atoms with Crippen LogP contribution < -0.4 is 14.8 Å². The minimum absolute atomic E-state index is 0. The number of nitrogens with zero attached hydrogens (tertiary/aromatic N) is 1. The first-order valence-corrected chi connectivity index (χ1v) is 7.41. The molecular weight excluding hydrogens is 288 g/mol. The summed E-state index contributed by atoms with van der Waals surface area (Å²) >= 11 is 0. The van der Waals surface area contributed by atoms with Gasteiger partial charge in [-0.05, 0) is 38.5 Å². The van der Waals surface area contributed by atoms with Crippen molar-refractivity contribution in [3.05, 3.63) is 23.8 Å². The third-order valence-electron chi connectivity index (χ3n) is 3.81. The monoisotopic (exact) mass is 314 g/mol. The van der Waals surface area contributed by atoms with Gasteiger partial charge in [0.15, 0.2) is 11.5 Å². The maximum Gasteiger partial charge on any atom is 0.161 e. The molecule has 0 radical (unpaired) electrons. The average molecular weight is 315 g/mol. The second kappa shape index (κ2) is 8.47. The summed E-state index contributed by atoms with van der Waals surface area (Å²) in [5.74, 6) is 1.64. The highest BCUT2D eigenvalue weighted by Crippen LogP contribution is 2.29. The Bertz CT molecular complexity index is 442. The zero-order chi connectivity index (χ0) is 14.5. The minimum Gasteiger partial charge on any atom is -0.493 e. The largest absolute Gasteiger partial charge is 0.493 e. The van der Waals surface area contributed by atoms with E-state index < -0.39 is 0 Å². The van der Waals surface area contributed by atoms with Gasteiger partial charge in [-0.25, -0.2) is 0 Å². The van der Waals surface area contributed by atoms with Crippen LogP contribution in [-0.4, -0.2) is 43.8 Å². The molecule has 1 heterocycles. The van der Waals surface area contributed by atoms with E-state index in [0.29, 0.717) is 18.7 Å². The second-order valence-electron chi connectivity index (χ2n) is 5.51. The van der Waals surface area contributed by atoms with E-state index in [4.69, 9.17) is 9.47 Å². The van der Waals surface area contributed by atoms with Crippen LogP contribution in [0, 0.1) is 0 Å². The maximum atomic E-state index is 5.65. The summed E-state index contributed by atoms with van der Waals surface area (Å²) in [6.07, 6.45) is 0. The van der Waals surface area contributed by atoms with Crippen LogP contribution in [0.1, 0.15) is 26.3 Å². The van der Waals surface area contributed by atoms with Gasteiger partial charge in [0, 0.05) is 31.7 Å². The predicted molar refractivity (Wildman–Crippen MR) is 88.7 cm³/mol. The SMILES string of the molecule is CCOc1cc(CN2CC(C)NCC2C)ccc1OC.Cl. The van der Waals surface area contributed by atoms with Crippen molar-refractivity contribution in [2.24, 2.45) is 0 Å². The number of rotatable bonds is 5. The lowest BCUT2D eigenvalue weighted by Gasteiger charge is -2.37. The van der Waals surface area contributed by atoms with Gasteiger partial charge < -0.3 is 14.8 Å². The lowest BCUT2D eigenvalue weighted by atomic mass is 10.1. The van der Waals surface area contributed by atoms with Crippen LogP contribution in [0.4, 0.5) is 0 Å². The van der Waals surface area contributed by atoms with Gasteiger partial charge in [0.1, 0.15) is 0 Å². The van der Waals surface area contributed by atoms with Crippen molar-refractivity contribution in [3.63, 3.8) is 0 Å². The number of piperazine rings is 1. The molecule has 2 atom stereocenters. The summed E-state index contributed by atoms with van der Waals surface area (Å²) in [5, 5.41) is 3.51. The van der Waals surface area contributed by atoms with E-state index in [2.05, 4.69) is 36.2 Å². The number of hydrogen-bond donors (Lipinski definition) is 1. The van der Waals surface area contributed by atoms with Gasteiger partial charge in [0.2, 0.25) is 0 Å². The molecule has 0 saturated carbocycles. The maximum absolute atomic E-state index is 5.65. The lowest BCUT2D eigenvalue weighted by molar-refractivity contribution is 0.138. The van der Waals surface area contributed by atoms with Gasteiger partial charge in [0.05, 0.1) is 13.7 Å². The highest BCUT2D eigenvalue weighted by molar-refractivity contribution is 5.85. The molecule has 0 aliphatic carbocycles. The third kappa shape index (κ3) is 4.77. The molecule has 1 N–H and O–H groups in total. The van der Waals surface area contributed by atoms with Crippen LogP contribution in [-0.2, 0) is 6.54 Å². The van der Waals surface area contributed by atoms with Gasteiger partial charge in [-0.2, -0.15) is 0 Å². The molecule has 2 rings (SSSR count). The summed E-state index contributed by atoms with van der Waals surface area (Å²) in [6.45, 7) is 10.2. The van der Waals surface area contributed by atoms with E-state index in [0.717, 1.165) is 31.1 Å². The fraction of sp³-hybridized carbons (Fsp3) is 0.625. The van der Waals surface area contributed by atoms with E-state index in [1.54, 1.807) is 7.11 Å². The minimum atomic E-state index is 0. The van der Waals surface area contributed by atoms with Crippen LogP contribution in [0.2, 0.25) is 0 Å². The molecular formula is C16H27ClN2O2. The first-order valence-electron chi connectivity index (χ1n) is 7.41. The molecule has 1 fully saturated rings. The van der Waals surface area contributed by atoms with E-state index in [1.807, 2.05) is 13.0 Å². The number of nitrogens with one attached hydrogen (secondary N) is 1.